The van der Waals surface area contributed by atoms with Crippen LogP contribution in [0.15, 0.2) is 82.4 Å². The number of oxime groups is 1. The average molecular weight is 294 g/mol. The molecular weight excluding hydrogens is 276 g/mol. The summed E-state index contributed by atoms with van der Waals surface area (Å²) in [5.41, 5.74) is 3.53. The number of rotatable bonds is 4. The Morgan fingerprint density at radius 1 is 1.00 bits per heavy atom. The van der Waals surface area contributed by atoms with Crippen LogP contribution in [0.2, 0.25) is 0 Å². The Hall–Kier alpha value is -2.95. The van der Waals surface area contributed by atoms with Crippen LogP contribution >= 0.6 is 0 Å². The summed E-state index contributed by atoms with van der Waals surface area (Å²) >= 11 is 0. The number of nitrogens with zero attached hydrogens (tertiary/aromatic N) is 4. The largest absolute Gasteiger partial charge is 0.409 e. The monoisotopic (exact) mass is 294 g/mol. The lowest BCUT2D eigenvalue weighted by Crippen LogP contribution is -2.24. The van der Waals surface area contributed by atoms with E-state index in [1.165, 1.54) is 5.01 Å². The van der Waals surface area contributed by atoms with Crippen LogP contribution in [0.3, 0.4) is 0 Å². The Morgan fingerprint density at radius 2 is 1.59 bits per heavy atom. The molecule has 0 amide bonds. The zero-order chi connectivity index (χ0) is 15.9. The zero-order valence-corrected chi connectivity index (χ0v) is 12.6. The molecule has 0 aliphatic carbocycles. The molecule has 0 aliphatic rings. The fourth-order valence-corrected chi connectivity index (χ4v) is 2.05. The van der Waals surface area contributed by atoms with Crippen molar-refractivity contribution in [2.24, 2.45) is 15.5 Å². The van der Waals surface area contributed by atoms with Gasteiger partial charge in [-0.15, -0.1) is 0 Å². The van der Waals surface area contributed by atoms with Crippen molar-refractivity contribution in [3.05, 3.63) is 72.4 Å². The molecule has 0 unspecified atom stereocenters. The predicted molar refractivity (Wildman–Crippen MR) is 87.6 cm³/mol. The van der Waals surface area contributed by atoms with Gasteiger partial charge in [0.1, 0.15) is 0 Å². The van der Waals surface area contributed by atoms with Gasteiger partial charge in [0.05, 0.1) is 7.05 Å². The van der Waals surface area contributed by atoms with Crippen molar-refractivity contribution in [2.75, 3.05) is 7.05 Å². The molecule has 0 atom stereocenters. The molecule has 0 saturated heterocycles. The van der Waals surface area contributed by atoms with Crippen molar-refractivity contribution in [3.63, 3.8) is 0 Å². The molecule has 0 heterocycles. The highest BCUT2D eigenvalue weighted by Gasteiger charge is 2.15. The normalized spacial score (nSPS) is 11.6. The summed E-state index contributed by atoms with van der Waals surface area (Å²) in [7, 11) is 1.55. The zero-order valence-electron chi connectivity index (χ0n) is 12.6. The highest BCUT2D eigenvalue weighted by molar-refractivity contribution is 5.99. The number of benzene rings is 2. The smallest absolute Gasteiger partial charge is 0.201 e. The minimum atomic E-state index is 0.276. The predicted octanol–water partition coefficient (Wildman–Crippen LogP) is 4.32. The molecule has 5 heteroatoms. The first kappa shape index (κ1) is 15.4. The number of hydrogen-bond acceptors (Lipinski definition) is 4. The summed E-state index contributed by atoms with van der Waals surface area (Å²) in [5, 5.41) is 21.7. The van der Waals surface area contributed by atoms with Gasteiger partial charge < -0.3 is 5.21 Å². The fraction of sp³-hybridized carbons (Fsp3) is 0.118. The van der Waals surface area contributed by atoms with Crippen molar-refractivity contribution in [1.82, 2.24) is 5.01 Å². The standard InChI is InChI=1S/C17H18N4O/c1-13(2)21(20-18-3)17(19-22)16-11-9-15(10-12-16)14-7-5-4-6-8-14/h4-12,22H,1H2,2-3H3/b19-17-,20-18-. The lowest BCUT2D eigenvalue weighted by atomic mass is 10.0. The molecule has 0 saturated carbocycles. The van der Waals surface area contributed by atoms with E-state index < -0.39 is 0 Å². The quantitative estimate of drug-likeness (QED) is 0.300. The third kappa shape index (κ3) is 3.38. The maximum Gasteiger partial charge on any atom is 0.201 e. The van der Waals surface area contributed by atoms with Gasteiger partial charge in [0.15, 0.2) is 0 Å². The van der Waals surface area contributed by atoms with Crippen molar-refractivity contribution >= 4 is 5.84 Å². The summed E-state index contributed by atoms with van der Waals surface area (Å²) in [6, 6.07) is 17.7. The van der Waals surface area contributed by atoms with Gasteiger partial charge >= 0.3 is 0 Å². The van der Waals surface area contributed by atoms with Crippen molar-refractivity contribution in [1.29, 1.82) is 0 Å². The lowest BCUT2D eigenvalue weighted by Gasteiger charge is -2.18. The molecule has 0 radical (unpaired) electrons. The first-order valence-corrected chi connectivity index (χ1v) is 6.80. The molecule has 2 rings (SSSR count). The Kier molecular flexibility index (Phi) is 5.03. The molecule has 22 heavy (non-hydrogen) atoms. The number of hydrogen-bond donors (Lipinski definition) is 1. The van der Waals surface area contributed by atoms with E-state index in [2.05, 4.69) is 22.1 Å². The Labute approximate surface area is 129 Å². The van der Waals surface area contributed by atoms with Gasteiger partial charge in [-0.3, -0.25) is 0 Å². The third-order valence-corrected chi connectivity index (χ3v) is 3.09. The molecule has 0 bridgehead atoms. The lowest BCUT2D eigenvalue weighted by molar-refractivity contribution is 0.307. The van der Waals surface area contributed by atoms with E-state index in [9.17, 15) is 5.21 Å². The highest BCUT2D eigenvalue weighted by atomic mass is 16.4. The first-order chi connectivity index (χ1) is 10.7. The van der Waals surface area contributed by atoms with E-state index in [4.69, 9.17) is 0 Å². The summed E-state index contributed by atoms with van der Waals surface area (Å²) in [6.45, 7) is 5.58. The van der Waals surface area contributed by atoms with Crippen LogP contribution in [-0.2, 0) is 0 Å². The third-order valence-electron chi connectivity index (χ3n) is 3.09. The van der Waals surface area contributed by atoms with Crippen molar-refractivity contribution in [3.8, 4) is 11.1 Å². The Balaban J connectivity index is 2.34. The van der Waals surface area contributed by atoms with Crippen LogP contribution in [0.4, 0.5) is 0 Å². The molecule has 112 valence electrons. The van der Waals surface area contributed by atoms with E-state index >= 15 is 0 Å². The molecular formula is C17H18N4O. The van der Waals surface area contributed by atoms with Crippen LogP contribution in [-0.4, -0.2) is 23.1 Å². The Bertz CT molecular complexity index is 690. The SMILES string of the molecule is C=C(C)N(/N=N\C)/C(=N\O)c1ccc(-c2ccccc2)cc1. The van der Waals surface area contributed by atoms with E-state index in [1.54, 1.807) is 14.0 Å². The molecule has 0 aliphatic heterocycles. The van der Waals surface area contributed by atoms with Crippen LogP contribution in [0.25, 0.3) is 11.1 Å². The van der Waals surface area contributed by atoms with E-state index in [-0.39, 0.29) is 5.84 Å². The minimum absolute atomic E-state index is 0.276. The highest BCUT2D eigenvalue weighted by Crippen LogP contribution is 2.20. The van der Waals surface area contributed by atoms with Gasteiger partial charge in [-0.2, -0.15) is 10.1 Å². The molecule has 0 fully saturated rings. The fourth-order valence-electron chi connectivity index (χ4n) is 2.05. The molecule has 2 aromatic rings. The summed E-state index contributed by atoms with van der Waals surface area (Å²) in [4.78, 5) is 0. The van der Waals surface area contributed by atoms with Crippen molar-refractivity contribution < 1.29 is 5.21 Å². The Morgan fingerprint density at radius 3 is 2.09 bits per heavy atom. The maximum atomic E-state index is 9.32. The second-order valence-electron chi connectivity index (χ2n) is 4.70. The topological polar surface area (TPSA) is 60.5 Å². The van der Waals surface area contributed by atoms with Gasteiger partial charge in [0.25, 0.3) is 0 Å². The van der Waals surface area contributed by atoms with Gasteiger partial charge in [-0.05, 0) is 18.1 Å². The summed E-state index contributed by atoms with van der Waals surface area (Å²) in [5.74, 6) is 0.276. The average Bonchev–Trinajstić information content (AvgIpc) is 2.56. The van der Waals surface area contributed by atoms with Crippen LogP contribution in [0.1, 0.15) is 12.5 Å². The number of allylic oxidation sites excluding steroid dienone is 1. The molecule has 1 N–H and O–H groups in total. The molecule has 0 spiro atoms. The number of amidine groups is 1. The summed E-state index contributed by atoms with van der Waals surface area (Å²) in [6.07, 6.45) is 0. The van der Waals surface area contributed by atoms with Gasteiger partial charge in [-0.1, -0.05) is 71.6 Å². The van der Waals surface area contributed by atoms with E-state index in [0.717, 1.165) is 16.7 Å². The summed E-state index contributed by atoms with van der Waals surface area (Å²) < 4.78 is 0. The van der Waals surface area contributed by atoms with Crippen LogP contribution in [0, 0.1) is 0 Å². The van der Waals surface area contributed by atoms with Crippen LogP contribution < -0.4 is 0 Å². The second-order valence-corrected chi connectivity index (χ2v) is 4.70. The van der Waals surface area contributed by atoms with Gasteiger partial charge in [-0.25, -0.2) is 0 Å². The van der Waals surface area contributed by atoms with Gasteiger partial charge in [0, 0.05) is 11.3 Å². The van der Waals surface area contributed by atoms with E-state index in [0.29, 0.717) is 5.70 Å². The van der Waals surface area contributed by atoms with Crippen molar-refractivity contribution in [2.45, 2.75) is 6.92 Å². The molecule has 0 aromatic heterocycles. The molecule has 2 aromatic carbocycles. The maximum absolute atomic E-state index is 9.32. The minimum Gasteiger partial charge on any atom is -0.409 e. The first-order valence-electron chi connectivity index (χ1n) is 6.80. The van der Waals surface area contributed by atoms with Crippen LogP contribution in [0.5, 0.6) is 0 Å². The van der Waals surface area contributed by atoms with Gasteiger partial charge in [0.2, 0.25) is 5.84 Å². The van der Waals surface area contributed by atoms with E-state index in [1.807, 2.05) is 54.6 Å². The molecule has 5 nitrogen and oxygen atoms in total. The second kappa shape index (κ2) is 7.17.